The van der Waals surface area contributed by atoms with Crippen LogP contribution in [0.1, 0.15) is 36.0 Å². The molecule has 3 aromatic carbocycles. The Hall–Kier alpha value is -4.23. The predicted octanol–water partition coefficient (Wildman–Crippen LogP) is 6.82. The molecule has 2 atom stereocenters. The van der Waals surface area contributed by atoms with Crippen molar-refractivity contribution in [1.82, 2.24) is 20.1 Å². The lowest BCUT2D eigenvalue weighted by molar-refractivity contribution is -0.274. The van der Waals surface area contributed by atoms with Crippen molar-refractivity contribution in [3.63, 3.8) is 0 Å². The predicted molar refractivity (Wildman–Crippen MR) is 173 cm³/mol. The van der Waals surface area contributed by atoms with Gasteiger partial charge in [-0.2, -0.15) is 4.99 Å². The van der Waals surface area contributed by atoms with Gasteiger partial charge in [-0.15, -0.1) is 18.3 Å². The fourth-order valence-corrected chi connectivity index (χ4v) is 6.38. The molecule has 2 aliphatic rings. The third kappa shape index (κ3) is 7.20. The molecule has 2 fully saturated rings. The summed E-state index contributed by atoms with van der Waals surface area (Å²) < 4.78 is 42.7. The number of amides is 1. The van der Waals surface area contributed by atoms with Crippen LogP contribution >= 0.6 is 24.0 Å². The van der Waals surface area contributed by atoms with Gasteiger partial charge in [0.2, 0.25) is 5.91 Å². The van der Waals surface area contributed by atoms with Gasteiger partial charge in [0.05, 0.1) is 17.1 Å². The fourth-order valence-electron chi connectivity index (χ4n) is 5.29. The van der Waals surface area contributed by atoms with Gasteiger partial charge in [-0.1, -0.05) is 55.1 Å². The lowest BCUT2D eigenvalue weighted by atomic mass is 10.1. The average molecular weight is 651 g/mol. The standard InChI is InChI=1S/C32H29F3N6O2S2/c1-3-20-5-4-19(2)14-27(20)41-28(42)17-45-31(41)38-30(44)36-16-23-15-26(23)21-6-8-22(9-7-21)29-37-18-40(39-29)24-10-12-25(13-11-24)43-32(33,34)35/h4-14,18,23,26H,3,15-17H2,1-2H3,(H,36,44)/b38-31-. The molecule has 1 amide bonds. The number of amidine groups is 1. The molecule has 13 heteroatoms. The second-order valence-electron chi connectivity index (χ2n) is 10.9. The Morgan fingerprint density at radius 2 is 1.89 bits per heavy atom. The van der Waals surface area contributed by atoms with E-state index in [-0.39, 0.29) is 11.7 Å². The monoisotopic (exact) mass is 650 g/mol. The molecule has 1 N–H and O–H groups in total. The highest BCUT2D eigenvalue weighted by atomic mass is 32.2. The summed E-state index contributed by atoms with van der Waals surface area (Å²) in [6, 6.07) is 19.6. The van der Waals surface area contributed by atoms with Crippen LogP contribution in [0.5, 0.6) is 5.75 Å². The molecule has 232 valence electrons. The molecular formula is C32H29F3N6O2S2. The zero-order chi connectivity index (χ0) is 31.7. The van der Waals surface area contributed by atoms with Crippen LogP contribution in [0.25, 0.3) is 17.1 Å². The summed E-state index contributed by atoms with van der Waals surface area (Å²) in [4.78, 5) is 23.4. The molecule has 1 saturated heterocycles. The minimum absolute atomic E-state index is 0.00290. The molecule has 1 aliphatic heterocycles. The molecule has 8 nitrogen and oxygen atoms in total. The zero-order valence-corrected chi connectivity index (χ0v) is 26.0. The smallest absolute Gasteiger partial charge is 0.406 e. The molecule has 4 aromatic rings. The highest BCUT2D eigenvalue weighted by molar-refractivity contribution is 8.15. The highest BCUT2D eigenvalue weighted by Gasteiger charge is 2.38. The van der Waals surface area contributed by atoms with E-state index in [1.807, 2.05) is 25.1 Å². The van der Waals surface area contributed by atoms with Gasteiger partial charge < -0.3 is 10.1 Å². The molecule has 1 aromatic heterocycles. The molecule has 45 heavy (non-hydrogen) atoms. The van der Waals surface area contributed by atoms with E-state index in [0.717, 1.165) is 35.2 Å². The van der Waals surface area contributed by atoms with Gasteiger partial charge in [0.15, 0.2) is 16.1 Å². The Kier molecular flexibility index (Phi) is 8.65. The molecular weight excluding hydrogens is 622 g/mol. The van der Waals surface area contributed by atoms with Crippen molar-refractivity contribution in [2.24, 2.45) is 10.9 Å². The summed E-state index contributed by atoms with van der Waals surface area (Å²) in [6.07, 6.45) is -1.39. The van der Waals surface area contributed by atoms with Crippen LogP contribution in [0, 0.1) is 12.8 Å². The summed E-state index contributed by atoms with van der Waals surface area (Å²) in [5.74, 6) is 1.35. The number of thiocarbonyl (C=S) groups is 1. The van der Waals surface area contributed by atoms with Crippen LogP contribution < -0.4 is 15.0 Å². The van der Waals surface area contributed by atoms with Gasteiger partial charge in [0, 0.05) is 12.1 Å². The van der Waals surface area contributed by atoms with Crippen LogP contribution in [0.15, 0.2) is 78.0 Å². The minimum atomic E-state index is -4.74. The van der Waals surface area contributed by atoms with Crippen molar-refractivity contribution < 1.29 is 22.7 Å². The number of aliphatic imine (C=N–C) groups is 1. The van der Waals surface area contributed by atoms with E-state index in [4.69, 9.17) is 12.2 Å². The largest absolute Gasteiger partial charge is 0.573 e. The third-order valence-electron chi connectivity index (χ3n) is 7.69. The average Bonchev–Trinajstić information content (AvgIpc) is 3.45. The van der Waals surface area contributed by atoms with E-state index in [1.165, 1.54) is 52.6 Å². The van der Waals surface area contributed by atoms with Crippen molar-refractivity contribution >= 4 is 45.9 Å². The number of aromatic nitrogens is 3. The fraction of sp³-hybridized carbons (Fsp3) is 0.281. The second kappa shape index (κ2) is 12.6. The number of nitrogens with zero attached hydrogens (tertiary/aromatic N) is 5. The van der Waals surface area contributed by atoms with Gasteiger partial charge in [-0.05, 0) is 90.8 Å². The first-order valence-electron chi connectivity index (χ1n) is 14.4. The summed E-state index contributed by atoms with van der Waals surface area (Å²) in [5.41, 5.74) is 5.63. The third-order valence-corrected chi connectivity index (χ3v) is 8.85. The normalized spacial score (nSPS) is 18.8. The van der Waals surface area contributed by atoms with E-state index in [1.54, 1.807) is 4.90 Å². The molecule has 6 rings (SSSR count). The molecule has 1 saturated carbocycles. The number of nitrogens with one attached hydrogen (secondary N) is 1. The number of hydrogen-bond acceptors (Lipinski definition) is 6. The van der Waals surface area contributed by atoms with Gasteiger partial charge in [0.25, 0.3) is 0 Å². The number of halogens is 3. The maximum atomic E-state index is 12.8. The van der Waals surface area contributed by atoms with E-state index in [2.05, 4.69) is 56.3 Å². The van der Waals surface area contributed by atoms with Gasteiger partial charge in [-0.25, -0.2) is 9.67 Å². The number of carbonyl (C=O) groups is 1. The Morgan fingerprint density at radius 1 is 1.13 bits per heavy atom. The highest BCUT2D eigenvalue weighted by Crippen LogP contribution is 2.47. The number of anilines is 1. The van der Waals surface area contributed by atoms with Crippen molar-refractivity contribution in [3.05, 3.63) is 89.7 Å². The number of aryl methyl sites for hydroxylation is 2. The van der Waals surface area contributed by atoms with Crippen LogP contribution in [-0.2, 0) is 11.2 Å². The summed E-state index contributed by atoms with van der Waals surface area (Å²) in [6.45, 7) is 4.76. The van der Waals surface area contributed by atoms with Crippen LogP contribution in [-0.4, -0.2) is 49.6 Å². The first-order valence-corrected chi connectivity index (χ1v) is 15.8. The first kappa shape index (κ1) is 30.8. The molecule has 0 bridgehead atoms. The molecule has 2 heterocycles. The number of ether oxygens (including phenoxy) is 1. The Morgan fingerprint density at radius 3 is 2.60 bits per heavy atom. The number of thioether (sulfide) groups is 1. The Labute approximate surface area is 267 Å². The number of benzene rings is 3. The Bertz CT molecular complexity index is 1760. The van der Waals surface area contributed by atoms with Crippen LogP contribution in [0.3, 0.4) is 0 Å². The zero-order valence-electron chi connectivity index (χ0n) is 24.4. The topological polar surface area (TPSA) is 84.6 Å². The summed E-state index contributed by atoms with van der Waals surface area (Å²) in [7, 11) is 0. The SMILES string of the molecule is CCc1ccc(C)cc1N1C(=O)CS/C1=N\C(=S)NCC1CC1c1ccc(-c2ncn(-c3ccc(OC(F)(F)F)cc3)n2)cc1. The van der Waals surface area contributed by atoms with Crippen LogP contribution in [0.2, 0.25) is 0 Å². The number of rotatable bonds is 8. The second-order valence-corrected chi connectivity index (χ2v) is 12.2. The number of alkyl halides is 3. The minimum Gasteiger partial charge on any atom is -0.406 e. The van der Waals surface area contributed by atoms with Crippen molar-refractivity contribution in [2.75, 3.05) is 17.2 Å². The summed E-state index contributed by atoms with van der Waals surface area (Å²) in [5, 5.41) is 8.72. The van der Waals surface area contributed by atoms with E-state index < -0.39 is 6.36 Å². The maximum absolute atomic E-state index is 12.8. The Balaban J connectivity index is 1.04. The van der Waals surface area contributed by atoms with Crippen molar-refractivity contribution in [2.45, 2.75) is 39.0 Å². The molecule has 0 radical (unpaired) electrons. The molecule has 0 spiro atoms. The van der Waals surface area contributed by atoms with Gasteiger partial charge >= 0.3 is 6.36 Å². The van der Waals surface area contributed by atoms with Crippen molar-refractivity contribution in [1.29, 1.82) is 0 Å². The summed E-state index contributed by atoms with van der Waals surface area (Å²) >= 11 is 6.94. The van der Waals surface area contributed by atoms with E-state index in [9.17, 15) is 18.0 Å². The quantitative estimate of drug-likeness (QED) is 0.210. The van der Waals surface area contributed by atoms with Gasteiger partial charge in [0.1, 0.15) is 12.1 Å². The lowest BCUT2D eigenvalue weighted by Gasteiger charge is -2.20. The maximum Gasteiger partial charge on any atom is 0.573 e. The first-order chi connectivity index (χ1) is 21.6. The number of hydrogen-bond donors (Lipinski definition) is 1. The van der Waals surface area contributed by atoms with Gasteiger partial charge in [-0.3, -0.25) is 9.69 Å². The molecule has 1 aliphatic carbocycles. The van der Waals surface area contributed by atoms with E-state index in [0.29, 0.717) is 45.9 Å². The van der Waals surface area contributed by atoms with Crippen LogP contribution in [0.4, 0.5) is 18.9 Å². The lowest BCUT2D eigenvalue weighted by Crippen LogP contribution is -2.32. The van der Waals surface area contributed by atoms with Crippen molar-refractivity contribution in [3.8, 4) is 22.8 Å². The van der Waals surface area contributed by atoms with E-state index >= 15 is 0 Å². The molecule has 2 unspecified atom stereocenters. The number of carbonyl (C=O) groups excluding carboxylic acids is 1.